The van der Waals surface area contributed by atoms with Crippen LogP contribution in [0.5, 0.6) is 11.5 Å². The van der Waals surface area contributed by atoms with E-state index >= 15 is 0 Å². The zero-order valence-corrected chi connectivity index (χ0v) is 19.7. The number of hydrogen-bond acceptors (Lipinski definition) is 8. The van der Waals surface area contributed by atoms with Crippen LogP contribution in [0.1, 0.15) is 17.5 Å². The van der Waals surface area contributed by atoms with E-state index in [-0.39, 0.29) is 24.3 Å². The van der Waals surface area contributed by atoms with Crippen molar-refractivity contribution in [3.05, 3.63) is 59.7 Å². The predicted molar refractivity (Wildman–Crippen MR) is 130 cm³/mol. The maximum atomic E-state index is 12.9. The second kappa shape index (κ2) is 13.4. The lowest BCUT2D eigenvalue weighted by Gasteiger charge is -2.21. The van der Waals surface area contributed by atoms with Crippen molar-refractivity contribution in [2.24, 2.45) is 11.5 Å². The summed E-state index contributed by atoms with van der Waals surface area (Å²) in [6.07, 6.45) is -0.517. The van der Waals surface area contributed by atoms with E-state index in [4.69, 9.17) is 16.6 Å². The molecule has 2 aromatic carbocycles. The summed E-state index contributed by atoms with van der Waals surface area (Å²) < 4.78 is 0. The number of aromatic hydroxyl groups is 2. The van der Waals surface area contributed by atoms with Crippen molar-refractivity contribution in [3.8, 4) is 11.5 Å². The number of primary amides is 1. The molecular weight excluding hydrogens is 486 g/mol. The van der Waals surface area contributed by atoms with Gasteiger partial charge in [-0.3, -0.25) is 19.2 Å². The number of hydrogen-bond donors (Lipinski definition) is 8. The Morgan fingerprint density at radius 1 is 0.757 bits per heavy atom. The number of amides is 4. The number of carboxylic acid groups (broad SMARTS) is 1. The average molecular weight is 516 g/mol. The minimum atomic E-state index is -1.56. The first kappa shape index (κ1) is 28.6. The lowest BCUT2D eigenvalue weighted by Crippen LogP contribution is -2.54. The fourth-order valence-electron chi connectivity index (χ4n) is 3.27. The van der Waals surface area contributed by atoms with Crippen LogP contribution in [0.3, 0.4) is 0 Å². The van der Waals surface area contributed by atoms with Gasteiger partial charge in [-0.2, -0.15) is 0 Å². The molecule has 0 bridgehead atoms. The fraction of sp³-hybridized carbons (Fsp3) is 0.292. The van der Waals surface area contributed by atoms with E-state index in [0.29, 0.717) is 11.1 Å². The van der Waals surface area contributed by atoms with Gasteiger partial charge in [0.05, 0.1) is 19.0 Å². The van der Waals surface area contributed by atoms with Crippen LogP contribution >= 0.6 is 0 Å². The normalized spacial score (nSPS) is 13.0. The van der Waals surface area contributed by atoms with Crippen LogP contribution in [0, 0.1) is 0 Å². The smallest absolute Gasteiger partial charge is 0.326 e. The van der Waals surface area contributed by atoms with Crippen molar-refractivity contribution in [3.63, 3.8) is 0 Å². The molecule has 0 spiro atoms. The number of carbonyl (C=O) groups is 5. The maximum Gasteiger partial charge on any atom is 0.326 e. The van der Waals surface area contributed by atoms with E-state index in [1.165, 1.54) is 24.3 Å². The first-order valence-corrected chi connectivity index (χ1v) is 11.1. The molecule has 0 aliphatic rings. The molecule has 198 valence electrons. The quantitative estimate of drug-likeness (QED) is 0.151. The minimum absolute atomic E-state index is 0.00493. The summed E-state index contributed by atoms with van der Waals surface area (Å²) in [5.74, 6) is -4.64. The molecule has 13 heteroatoms. The van der Waals surface area contributed by atoms with Gasteiger partial charge in [0, 0.05) is 6.42 Å². The fourth-order valence-corrected chi connectivity index (χ4v) is 3.27. The van der Waals surface area contributed by atoms with E-state index in [0.717, 1.165) is 0 Å². The topological polar surface area (TPSA) is 234 Å². The average Bonchev–Trinajstić information content (AvgIpc) is 2.84. The number of benzene rings is 2. The predicted octanol–water partition coefficient (Wildman–Crippen LogP) is -1.74. The number of carboxylic acids is 1. The Morgan fingerprint density at radius 2 is 1.27 bits per heavy atom. The lowest BCUT2D eigenvalue weighted by atomic mass is 10.0. The summed E-state index contributed by atoms with van der Waals surface area (Å²) in [6, 6.07) is 8.24. The van der Waals surface area contributed by atoms with Crippen LogP contribution in [0.4, 0.5) is 0 Å². The largest absolute Gasteiger partial charge is 0.508 e. The second-order valence-corrected chi connectivity index (χ2v) is 8.26. The van der Waals surface area contributed by atoms with Crippen LogP contribution in [0.2, 0.25) is 0 Å². The van der Waals surface area contributed by atoms with Crippen LogP contribution in [-0.4, -0.2) is 69.6 Å². The van der Waals surface area contributed by atoms with Gasteiger partial charge < -0.3 is 42.7 Å². The molecule has 37 heavy (non-hydrogen) atoms. The third-order valence-electron chi connectivity index (χ3n) is 5.20. The first-order valence-electron chi connectivity index (χ1n) is 11.1. The molecule has 0 saturated heterocycles. The number of nitrogens with one attached hydrogen (secondary N) is 3. The second-order valence-electron chi connectivity index (χ2n) is 8.26. The standard InChI is InChI=1S/C24H29N5O8/c25-17(9-13-1-5-15(30)6-2-13)22(34)29-18(10-14-3-7-16(31)8-4-14)23(35)27-12-21(33)28-19(24(36)37)11-20(26)32/h1-8,17-19,30-31H,9-12,25H2,(H2,26,32)(H,27,35)(H,28,33)(H,29,34)(H,36,37). The van der Waals surface area contributed by atoms with Gasteiger partial charge in [-0.05, 0) is 41.8 Å². The number of nitrogens with two attached hydrogens (primary N) is 2. The van der Waals surface area contributed by atoms with Crippen LogP contribution < -0.4 is 27.4 Å². The first-order chi connectivity index (χ1) is 17.4. The lowest BCUT2D eigenvalue weighted by molar-refractivity contribution is -0.143. The minimum Gasteiger partial charge on any atom is -0.508 e. The highest BCUT2D eigenvalue weighted by Gasteiger charge is 2.26. The van der Waals surface area contributed by atoms with Crippen molar-refractivity contribution in [1.82, 2.24) is 16.0 Å². The SMILES string of the molecule is NC(=O)CC(NC(=O)CNC(=O)C(Cc1ccc(O)cc1)NC(=O)C(N)Cc1ccc(O)cc1)C(=O)O. The third-order valence-corrected chi connectivity index (χ3v) is 5.20. The molecule has 10 N–H and O–H groups in total. The van der Waals surface area contributed by atoms with Gasteiger partial charge in [-0.15, -0.1) is 0 Å². The summed E-state index contributed by atoms with van der Waals surface area (Å²) >= 11 is 0. The number of phenolic OH excluding ortho intramolecular Hbond substituents is 2. The highest BCUT2D eigenvalue weighted by Crippen LogP contribution is 2.13. The Labute approximate surface area is 211 Å². The van der Waals surface area contributed by atoms with Gasteiger partial charge in [0.15, 0.2) is 0 Å². The van der Waals surface area contributed by atoms with E-state index < -0.39 is 60.7 Å². The van der Waals surface area contributed by atoms with Crippen molar-refractivity contribution in [2.45, 2.75) is 37.4 Å². The summed E-state index contributed by atoms with van der Waals surface area (Å²) in [5, 5.41) is 34.9. The molecule has 4 amide bonds. The van der Waals surface area contributed by atoms with Crippen molar-refractivity contribution in [1.29, 1.82) is 0 Å². The molecule has 0 saturated carbocycles. The summed E-state index contributed by atoms with van der Waals surface area (Å²) in [6.45, 7) is -0.636. The molecular formula is C24H29N5O8. The summed E-state index contributed by atoms with van der Waals surface area (Å²) in [4.78, 5) is 59.9. The van der Waals surface area contributed by atoms with Crippen LogP contribution in [0.15, 0.2) is 48.5 Å². The van der Waals surface area contributed by atoms with Crippen LogP contribution in [0.25, 0.3) is 0 Å². The van der Waals surface area contributed by atoms with Gasteiger partial charge in [0.2, 0.25) is 23.6 Å². The summed E-state index contributed by atoms with van der Waals surface area (Å²) in [5.41, 5.74) is 12.2. The molecule has 3 atom stereocenters. The van der Waals surface area contributed by atoms with E-state index in [9.17, 15) is 34.2 Å². The van der Waals surface area contributed by atoms with Gasteiger partial charge in [-0.25, -0.2) is 4.79 Å². The number of phenols is 2. The van der Waals surface area contributed by atoms with E-state index in [1.807, 2.05) is 0 Å². The highest BCUT2D eigenvalue weighted by atomic mass is 16.4. The van der Waals surface area contributed by atoms with Crippen molar-refractivity contribution < 1.29 is 39.3 Å². The van der Waals surface area contributed by atoms with E-state index in [2.05, 4.69) is 16.0 Å². The van der Waals surface area contributed by atoms with Gasteiger partial charge in [0.1, 0.15) is 23.6 Å². The molecule has 0 radical (unpaired) electrons. The number of rotatable bonds is 13. The number of aliphatic carboxylic acids is 1. The molecule has 13 nitrogen and oxygen atoms in total. The highest BCUT2D eigenvalue weighted by molar-refractivity contribution is 5.93. The molecule has 0 aromatic heterocycles. The molecule has 0 aliphatic heterocycles. The zero-order chi connectivity index (χ0) is 27.5. The maximum absolute atomic E-state index is 12.9. The molecule has 0 fully saturated rings. The molecule has 0 aliphatic carbocycles. The molecule has 2 aromatic rings. The summed E-state index contributed by atoms with van der Waals surface area (Å²) in [7, 11) is 0. The zero-order valence-electron chi connectivity index (χ0n) is 19.7. The Bertz CT molecular complexity index is 1120. The van der Waals surface area contributed by atoms with Gasteiger partial charge in [-0.1, -0.05) is 24.3 Å². The van der Waals surface area contributed by atoms with E-state index in [1.54, 1.807) is 24.3 Å². The Kier molecular flexibility index (Phi) is 10.4. The van der Waals surface area contributed by atoms with Gasteiger partial charge >= 0.3 is 5.97 Å². The van der Waals surface area contributed by atoms with Gasteiger partial charge in [0.25, 0.3) is 0 Å². The third kappa shape index (κ3) is 9.85. The number of carbonyl (C=O) groups excluding carboxylic acids is 4. The van der Waals surface area contributed by atoms with Crippen LogP contribution in [-0.2, 0) is 36.8 Å². The Hall–Kier alpha value is -4.65. The van der Waals surface area contributed by atoms with Crippen molar-refractivity contribution >= 4 is 29.6 Å². The van der Waals surface area contributed by atoms with Crippen molar-refractivity contribution in [2.75, 3.05) is 6.54 Å². The Balaban J connectivity index is 2.06. The Morgan fingerprint density at radius 3 is 1.76 bits per heavy atom. The molecule has 2 rings (SSSR count). The molecule has 3 unspecified atom stereocenters. The molecule has 0 heterocycles. The monoisotopic (exact) mass is 515 g/mol.